The van der Waals surface area contributed by atoms with Gasteiger partial charge in [0, 0.05) is 0 Å². The number of carbonyl (C=O) groups is 1. The van der Waals surface area contributed by atoms with Crippen LogP contribution >= 0.6 is 0 Å². The van der Waals surface area contributed by atoms with E-state index in [9.17, 15) is 9.18 Å². The van der Waals surface area contributed by atoms with Crippen molar-refractivity contribution in [1.82, 2.24) is 0 Å². The van der Waals surface area contributed by atoms with E-state index in [1.54, 1.807) is 12.1 Å². The van der Waals surface area contributed by atoms with Crippen LogP contribution in [-0.2, 0) is 19.9 Å². The van der Waals surface area contributed by atoms with E-state index in [0.29, 0.717) is 0 Å². The Labute approximate surface area is 115 Å². The molecule has 4 heteroatoms. The van der Waals surface area contributed by atoms with Crippen LogP contribution in [0.5, 0.6) is 0 Å². The first-order valence-corrected chi connectivity index (χ1v) is 6.25. The number of ether oxygens (including phenoxy) is 2. The zero-order chi connectivity index (χ0) is 14.2. The Hall–Kier alpha value is -2.20. The number of hydrogen-bond donors (Lipinski definition) is 0. The standard InChI is InChI=1S/C16H13FO3/c1-19-15(18)14-16(20-14,11-5-3-2-4-6-11)12-7-9-13(17)10-8-12/h2-10,14H,1H3/t14-,16-/m0/s1. The molecule has 1 aliphatic heterocycles. The van der Waals surface area contributed by atoms with E-state index >= 15 is 0 Å². The van der Waals surface area contributed by atoms with Crippen LogP contribution in [0.1, 0.15) is 11.1 Å². The topological polar surface area (TPSA) is 38.8 Å². The smallest absolute Gasteiger partial charge is 0.338 e. The van der Waals surface area contributed by atoms with Gasteiger partial charge >= 0.3 is 5.97 Å². The summed E-state index contributed by atoms with van der Waals surface area (Å²) in [5, 5.41) is 0. The van der Waals surface area contributed by atoms with Gasteiger partial charge in [0.25, 0.3) is 0 Å². The van der Waals surface area contributed by atoms with Crippen LogP contribution in [0.4, 0.5) is 4.39 Å². The van der Waals surface area contributed by atoms with Gasteiger partial charge in [0.1, 0.15) is 5.82 Å². The summed E-state index contributed by atoms with van der Waals surface area (Å²) in [6.07, 6.45) is -0.694. The summed E-state index contributed by atoms with van der Waals surface area (Å²) < 4.78 is 23.5. The molecule has 1 heterocycles. The molecule has 3 nitrogen and oxygen atoms in total. The van der Waals surface area contributed by atoms with Crippen molar-refractivity contribution in [3.05, 3.63) is 71.5 Å². The van der Waals surface area contributed by atoms with Crippen molar-refractivity contribution in [3.63, 3.8) is 0 Å². The average Bonchev–Trinajstić information content (AvgIpc) is 3.25. The highest BCUT2D eigenvalue weighted by molar-refractivity contribution is 5.81. The van der Waals surface area contributed by atoms with Crippen LogP contribution in [0.2, 0.25) is 0 Å². The van der Waals surface area contributed by atoms with Crippen molar-refractivity contribution < 1.29 is 18.7 Å². The van der Waals surface area contributed by atoms with E-state index in [4.69, 9.17) is 9.47 Å². The number of halogens is 1. The zero-order valence-electron chi connectivity index (χ0n) is 10.9. The molecule has 0 aliphatic carbocycles. The molecule has 1 saturated heterocycles. The van der Waals surface area contributed by atoms with Crippen molar-refractivity contribution in [3.8, 4) is 0 Å². The second-order valence-electron chi connectivity index (χ2n) is 4.63. The molecule has 0 amide bonds. The Morgan fingerprint density at radius 3 is 2.30 bits per heavy atom. The maximum absolute atomic E-state index is 13.1. The Bertz CT molecular complexity index is 624. The molecule has 102 valence electrons. The second kappa shape index (κ2) is 4.72. The van der Waals surface area contributed by atoms with Gasteiger partial charge < -0.3 is 9.47 Å². The molecule has 2 atom stereocenters. The lowest BCUT2D eigenvalue weighted by molar-refractivity contribution is -0.142. The summed E-state index contributed by atoms with van der Waals surface area (Å²) in [4.78, 5) is 11.8. The number of hydrogen-bond acceptors (Lipinski definition) is 3. The summed E-state index contributed by atoms with van der Waals surface area (Å²) in [5.74, 6) is -0.759. The first-order chi connectivity index (χ1) is 9.68. The molecule has 3 rings (SSSR count). The molecule has 20 heavy (non-hydrogen) atoms. The van der Waals surface area contributed by atoms with E-state index in [2.05, 4.69) is 0 Å². The Kier molecular flexibility index (Phi) is 3.03. The number of carbonyl (C=O) groups excluding carboxylic acids is 1. The summed E-state index contributed by atoms with van der Waals surface area (Å²) in [6.45, 7) is 0. The van der Waals surface area contributed by atoms with Crippen LogP contribution < -0.4 is 0 Å². The molecule has 0 bridgehead atoms. The Morgan fingerprint density at radius 2 is 1.70 bits per heavy atom. The van der Waals surface area contributed by atoms with E-state index in [0.717, 1.165) is 11.1 Å². The molecule has 1 fully saturated rings. The predicted molar refractivity (Wildman–Crippen MR) is 70.5 cm³/mol. The third-order valence-corrected chi connectivity index (χ3v) is 3.51. The largest absolute Gasteiger partial charge is 0.467 e. The molecular weight excluding hydrogens is 259 g/mol. The van der Waals surface area contributed by atoms with Crippen molar-refractivity contribution >= 4 is 5.97 Å². The van der Waals surface area contributed by atoms with Gasteiger partial charge in [-0.3, -0.25) is 0 Å². The first-order valence-electron chi connectivity index (χ1n) is 6.25. The Balaban J connectivity index is 2.07. The van der Waals surface area contributed by atoms with Gasteiger partial charge in [-0.1, -0.05) is 42.5 Å². The third kappa shape index (κ3) is 1.89. The summed E-state index contributed by atoms with van der Waals surface area (Å²) in [6, 6.07) is 15.4. The minimum atomic E-state index is -0.873. The van der Waals surface area contributed by atoms with Gasteiger partial charge in [0.2, 0.25) is 0 Å². The maximum Gasteiger partial charge on any atom is 0.338 e. The summed E-state index contributed by atoms with van der Waals surface area (Å²) in [5.41, 5.74) is 0.713. The highest BCUT2D eigenvalue weighted by atomic mass is 19.1. The lowest BCUT2D eigenvalue weighted by Gasteiger charge is -2.13. The first kappa shape index (κ1) is 12.8. The zero-order valence-corrected chi connectivity index (χ0v) is 10.9. The van der Waals surface area contributed by atoms with Crippen LogP contribution in [0, 0.1) is 5.82 Å². The van der Waals surface area contributed by atoms with Crippen LogP contribution in [0.15, 0.2) is 54.6 Å². The molecule has 2 aromatic rings. The highest BCUT2D eigenvalue weighted by Gasteiger charge is 2.63. The van der Waals surface area contributed by atoms with Crippen molar-refractivity contribution in [2.75, 3.05) is 7.11 Å². The second-order valence-corrected chi connectivity index (χ2v) is 4.63. The van der Waals surface area contributed by atoms with Gasteiger partial charge in [-0.25, -0.2) is 9.18 Å². The van der Waals surface area contributed by atoms with E-state index < -0.39 is 17.7 Å². The van der Waals surface area contributed by atoms with E-state index in [-0.39, 0.29) is 5.82 Å². The van der Waals surface area contributed by atoms with Gasteiger partial charge in [-0.2, -0.15) is 0 Å². The fraction of sp³-hybridized carbons (Fsp3) is 0.188. The molecule has 0 aromatic heterocycles. The molecule has 2 aromatic carbocycles. The van der Waals surface area contributed by atoms with E-state index in [1.165, 1.54) is 19.2 Å². The lowest BCUT2D eigenvalue weighted by Crippen LogP contribution is -2.21. The molecule has 0 radical (unpaired) electrons. The maximum atomic E-state index is 13.1. The van der Waals surface area contributed by atoms with Crippen LogP contribution in [-0.4, -0.2) is 19.2 Å². The number of methoxy groups -OCH3 is 1. The normalized spacial score (nSPS) is 24.2. The minimum Gasteiger partial charge on any atom is -0.467 e. The molecule has 0 spiro atoms. The highest BCUT2D eigenvalue weighted by Crippen LogP contribution is 2.52. The van der Waals surface area contributed by atoms with Crippen LogP contribution in [0.25, 0.3) is 0 Å². The number of benzene rings is 2. The molecular formula is C16H13FO3. The number of esters is 1. The van der Waals surface area contributed by atoms with Gasteiger partial charge in [0.05, 0.1) is 7.11 Å². The Morgan fingerprint density at radius 1 is 1.10 bits per heavy atom. The molecule has 0 N–H and O–H groups in total. The fourth-order valence-electron chi connectivity index (χ4n) is 2.46. The summed E-state index contributed by atoms with van der Waals surface area (Å²) >= 11 is 0. The molecule has 0 saturated carbocycles. The number of epoxide rings is 1. The number of rotatable bonds is 3. The summed E-state index contributed by atoms with van der Waals surface area (Å²) in [7, 11) is 1.32. The quantitative estimate of drug-likeness (QED) is 0.637. The predicted octanol–water partition coefficient (Wildman–Crippen LogP) is 2.64. The third-order valence-electron chi connectivity index (χ3n) is 3.51. The lowest BCUT2D eigenvalue weighted by atomic mass is 9.88. The molecule has 1 aliphatic rings. The van der Waals surface area contributed by atoms with Gasteiger partial charge in [0.15, 0.2) is 11.7 Å². The SMILES string of the molecule is COC(=O)[C@@H]1O[C@@]1(c1ccccc1)c1ccc(F)cc1. The van der Waals surface area contributed by atoms with Gasteiger partial charge in [-0.15, -0.1) is 0 Å². The fourth-order valence-corrected chi connectivity index (χ4v) is 2.46. The van der Waals surface area contributed by atoms with Crippen molar-refractivity contribution in [2.45, 2.75) is 11.7 Å². The van der Waals surface area contributed by atoms with E-state index in [1.807, 2.05) is 30.3 Å². The van der Waals surface area contributed by atoms with Gasteiger partial charge in [-0.05, 0) is 23.3 Å². The van der Waals surface area contributed by atoms with Crippen LogP contribution in [0.3, 0.4) is 0 Å². The van der Waals surface area contributed by atoms with Crippen molar-refractivity contribution in [2.24, 2.45) is 0 Å². The molecule has 0 unspecified atom stereocenters. The average molecular weight is 272 g/mol. The van der Waals surface area contributed by atoms with Crippen molar-refractivity contribution in [1.29, 1.82) is 0 Å². The minimum absolute atomic E-state index is 0.327. The monoisotopic (exact) mass is 272 g/mol.